The van der Waals surface area contributed by atoms with Crippen LogP contribution in [0.4, 0.5) is 0 Å². The molecule has 0 aliphatic rings. The molecule has 3 rings (SSSR count). The number of fused-ring (bicyclic) bond motifs is 1. The maximum atomic E-state index is 11.8. The van der Waals surface area contributed by atoms with Gasteiger partial charge >= 0.3 is 5.97 Å². The molecule has 1 unspecified atom stereocenters. The van der Waals surface area contributed by atoms with Crippen LogP contribution in [0.2, 0.25) is 0 Å². The van der Waals surface area contributed by atoms with Gasteiger partial charge in [0.15, 0.2) is 12.7 Å². The number of aliphatic hydroxyl groups is 1. The number of carbonyl (C=O) groups is 2. The summed E-state index contributed by atoms with van der Waals surface area (Å²) in [5.74, 6) is -0.977. The summed E-state index contributed by atoms with van der Waals surface area (Å²) >= 11 is 0. The van der Waals surface area contributed by atoms with Gasteiger partial charge in [-0.05, 0) is 31.5 Å². The number of nitrogens with two attached hydrogens (primary N) is 1. The molecule has 0 radical (unpaired) electrons. The molecule has 0 aliphatic carbocycles. The molecule has 0 saturated heterocycles. The average molecular weight is 396 g/mol. The van der Waals surface area contributed by atoms with Gasteiger partial charge in [-0.3, -0.25) is 4.79 Å². The normalized spacial score (nSPS) is 12.0. The van der Waals surface area contributed by atoms with E-state index in [9.17, 15) is 14.7 Å². The Morgan fingerprint density at radius 3 is 2.52 bits per heavy atom. The zero-order chi connectivity index (χ0) is 21.0. The Hall–Kier alpha value is -3.32. The lowest BCUT2D eigenvalue weighted by Crippen LogP contribution is -2.21. The lowest BCUT2D eigenvalue weighted by molar-refractivity contribution is -0.145. The van der Waals surface area contributed by atoms with E-state index in [-0.39, 0.29) is 13.2 Å². The smallest absolute Gasteiger partial charge is 0.344 e. The fraction of sp³-hybridized carbons (Fsp3) is 0.273. The van der Waals surface area contributed by atoms with Crippen LogP contribution in [0.15, 0.2) is 48.5 Å². The number of benzene rings is 2. The SMILES string of the molecule is CCOC(=O)COc1cccc2c1c(C(O)C(N)=O)c(C)n2Cc1ccccc1. The van der Waals surface area contributed by atoms with Crippen LogP contribution in [0.5, 0.6) is 5.75 Å². The molecule has 1 amide bonds. The van der Waals surface area contributed by atoms with Gasteiger partial charge in [0.1, 0.15) is 5.75 Å². The van der Waals surface area contributed by atoms with E-state index in [2.05, 4.69) is 0 Å². The molecule has 0 saturated carbocycles. The number of aromatic nitrogens is 1. The summed E-state index contributed by atoms with van der Waals surface area (Å²) in [4.78, 5) is 23.5. The van der Waals surface area contributed by atoms with Crippen LogP contribution >= 0.6 is 0 Å². The second-order valence-corrected chi connectivity index (χ2v) is 6.62. The molecule has 3 aromatic rings. The molecule has 1 heterocycles. The lowest BCUT2D eigenvalue weighted by Gasteiger charge is -2.11. The number of hydrogen-bond donors (Lipinski definition) is 2. The van der Waals surface area contributed by atoms with Crippen LogP contribution in [-0.2, 0) is 20.9 Å². The van der Waals surface area contributed by atoms with E-state index in [0.29, 0.717) is 28.9 Å². The predicted octanol–water partition coefficient (Wildman–Crippen LogP) is 2.46. The van der Waals surface area contributed by atoms with Gasteiger partial charge < -0.3 is 24.9 Å². The van der Waals surface area contributed by atoms with Gasteiger partial charge in [0.25, 0.3) is 5.91 Å². The minimum Gasteiger partial charge on any atom is -0.481 e. The van der Waals surface area contributed by atoms with Crippen molar-refractivity contribution in [2.45, 2.75) is 26.5 Å². The Balaban J connectivity index is 2.12. The zero-order valence-electron chi connectivity index (χ0n) is 16.4. The van der Waals surface area contributed by atoms with Gasteiger partial charge in [-0.15, -0.1) is 0 Å². The van der Waals surface area contributed by atoms with Crippen molar-refractivity contribution < 1.29 is 24.2 Å². The highest BCUT2D eigenvalue weighted by atomic mass is 16.6. The topological polar surface area (TPSA) is 104 Å². The second kappa shape index (κ2) is 8.79. The quantitative estimate of drug-likeness (QED) is 0.569. The van der Waals surface area contributed by atoms with E-state index in [1.54, 1.807) is 19.1 Å². The monoisotopic (exact) mass is 396 g/mol. The third kappa shape index (κ3) is 4.25. The number of aliphatic hydroxyl groups excluding tert-OH is 1. The Bertz CT molecular complexity index is 1030. The fourth-order valence-electron chi connectivity index (χ4n) is 3.43. The number of hydrogen-bond acceptors (Lipinski definition) is 5. The van der Waals surface area contributed by atoms with Crippen LogP contribution in [0.3, 0.4) is 0 Å². The number of ether oxygens (including phenoxy) is 2. The van der Waals surface area contributed by atoms with Gasteiger partial charge in [-0.25, -0.2) is 4.79 Å². The summed E-state index contributed by atoms with van der Waals surface area (Å²) in [6, 6.07) is 15.2. The van der Waals surface area contributed by atoms with E-state index < -0.39 is 18.0 Å². The number of amides is 1. The molecule has 29 heavy (non-hydrogen) atoms. The van der Waals surface area contributed by atoms with Gasteiger partial charge in [0.2, 0.25) is 0 Å². The number of rotatable bonds is 8. The van der Waals surface area contributed by atoms with E-state index in [4.69, 9.17) is 15.2 Å². The van der Waals surface area contributed by atoms with Crippen molar-refractivity contribution in [3.05, 3.63) is 65.4 Å². The molecular weight excluding hydrogens is 372 g/mol. The van der Waals surface area contributed by atoms with Crippen molar-refractivity contribution in [3.63, 3.8) is 0 Å². The van der Waals surface area contributed by atoms with Crippen LogP contribution in [-0.4, -0.2) is 34.8 Å². The first-order valence-corrected chi connectivity index (χ1v) is 9.35. The van der Waals surface area contributed by atoms with Gasteiger partial charge in [-0.1, -0.05) is 36.4 Å². The fourth-order valence-corrected chi connectivity index (χ4v) is 3.43. The first-order valence-electron chi connectivity index (χ1n) is 9.35. The minimum atomic E-state index is -1.50. The summed E-state index contributed by atoms with van der Waals surface area (Å²) in [6.45, 7) is 4.05. The number of primary amides is 1. The highest BCUT2D eigenvalue weighted by Crippen LogP contribution is 2.37. The van der Waals surface area contributed by atoms with Crippen LogP contribution < -0.4 is 10.5 Å². The predicted molar refractivity (Wildman–Crippen MR) is 109 cm³/mol. The molecule has 152 valence electrons. The van der Waals surface area contributed by atoms with E-state index in [1.807, 2.05) is 47.9 Å². The summed E-state index contributed by atoms with van der Waals surface area (Å²) in [5.41, 5.74) is 8.29. The number of carbonyl (C=O) groups excluding carboxylic acids is 2. The largest absolute Gasteiger partial charge is 0.481 e. The first kappa shape index (κ1) is 20.4. The molecular formula is C22H24N2O5. The first-order chi connectivity index (χ1) is 13.9. The van der Waals surface area contributed by atoms with Crippen LogP contribution in [0.1, 0.15) is 29.8 Å². The van der Waals surface area contributed by atoms with Crippen molar-refractivity contribution in [3.8, 4) is 5.75 Å². The highest BCUT2D eigenvalue weighted by molar-refractivity contribution is 5.96. The van der Waals surface area contributed by atoms with Gasteiger partial charge in [0, 0.05) is 23.2 Å². The Morgan fingerprint density at radius 1 is 1.14 bits per heavy atom. The Labute approximate surface area is 168 Å². The second-order valence-electron chi connectivity index (χ2n) is 6.62. The van der Waals surface area contributed by atoms with Gasteiger partial charge in [0.05, 0.1) is 12.1 Å². The van der Waals surface area contributed by atoms with Crippen molar-refractivity contribution in [1.82, 2.24) is 4.57 Å². The van der Waals surface area contributed by atoms with Crippen molar-refractivity contribution >= 4 is 22.8 Å². The molecule has 7 nitrogen and oxygen atoms in total. The number of nitrogens with zero attached hydrogens (tertiary/aromatic N) is 1. The molecule has 0 spiro atoms. The van der Waals surface area contributed by atoms with Gasteiger partial charge in [-0.2, -0.15) is 0 Å². The highest BCUT2D eigenvalue weighted by Gasteiger charge is 2.26. The molecule has 0 bridgehead atoms. The summed E-state index contributed by atoms with van der Waals surface area (Å²) in [5, 5.41) is 11.1. The van der Waals surface area contributed by atoms with Crippen molar-refractivity contribution in [2.75, 3.05) is 13.2 Å². The minimum absolute atomic E-state index is 0.255. The van der Waals surface area contributed by atoms with E-state index in [1.165, 1.54) is 0 Å². The zero-order valence-corrected chi connectivity index (χ0v) is 16.4. The maximum Gasteiger partial charge on any atom is 0.344 e. The maximum absolute atomic E-state index is 11.8. The molecule has 2 aromatic carbocycles. The Morgan fingerprint density at radius 2 is 1.86 bits per heavy atom. The number of esters is 1. The molecule has 1 atom stereocenters. The van der Waals surface area contributed by atoms with Crippen molar-refractivity contribution in [2.24, 2.45) is 5.73 Å². The molecule has 1 aromatic heterocycles. The van der Waals surface area contributed by atoms with E-state index >= 15 is 0 Å². The summed E-state index contributed by atoms with van der Waals surface area (Å²) in [7, 11) is 0. The standard InChI is InChI=1S/C22H24N2O5/c1-3-28-18(25)13-29-17-11-7-10-16-20(17)19(21(26)22(23)27)14(2)24(16)12-15-8-5-4-6-9-15/h4-11,21,26H,3,12-13H2,1-2H3,(H2,23,27). The van der Waals surface area contributed by atoms with Crippen LogP contribution in [0, 0.1) is 6.92 Å². The molecule has 0 fully saturated rings. The van der Waals surface area contributed by atoms with E-state index in [0.717, 1.165) is 11.1 Å². The van der Waals surface area contributed by atoms with Crippen molar-refractivity contribution in [1.29, 1.82) is 0 Å². The van der Waals surface area contributed by atoms with Crippen LogP contribution in [0.25, 0.3) is 10.9 Å². The summed E-state index contributed by atoms with van der Waals surface area (Å²) in [6.07, 6.45) is -1.50. The molecule has 3 N–H and O–H groups in total. The lowest BCUT2D eigenvalue weighted by atomic mass is 10.0. The third-order valence-electron chi connectivity index (χ3n) is 4.74. The molecule has 0 aliphatic heterocycles. The average Bonchev–Trinajstić information content (AvgIpc) is 2.99. The summed E-state index contributed by atoms with van der Waals surface area (Å²) < 4.78 is 12.6. The molecule has 7 heteroatoms. The third-order valence-corrected chi connectivity index (χ3v) is 4.74. The Kier molecular flexibility index (Phi) is 6.19.